The molecule has 0 fully saturated rings. The van der Waals surface area contributed by atoms with Crippen LogP contribution in [0.1, 0.15) is 11.3 Å². The van der Waals surface area contributed by atoms with Crippen LogP contribution in [0, 0.1) is 6.92 Å². The van der Waals surface area contributed by atoms with Gasteiger partial charge in [-0.2, -0.15) is 0 Å². The molecule has 8 nitrogen and oxygen atoms in total. The molecule has 1 heterocycles. The Labute approximate surface area is 157 Å². The van der Waals surface area contributed by atoms with Gasteiger partial charge in [0.05, 0.1) is 0 Å². The molecule has 0 saturated carbocycles. The lowest BCUT2D eigenvalue weighted by Crippen LogP contribution is -2.33. The Balaban J connectivity index is 0.000000527. The third-order valence-corrected chi connectivity index (χ3v) is 3.39. The summed E-state index contributed by atoms with van der Waals surface area (Å²) in [5.74, 6) is -2.96. The first-order valence-corrected chi connectivity index (χ1v) is 8.09. The maximum atomic E-state index is 12.0. The second-order valence-electron chi connectivity index (χ2n) is 5.60. The highest BCUT2D eigenvalue weighted by molar-refractivity contribution is 6.27. The number of nitrogens with zero attached hydrogens (tertiary/aromatic N) is 2. The number of aromatic nitrogens is 1. The zero-order valence-electron chi connectivity index (χ0n) is 15.2. The van der Waals surface area contributed by atoms with Crippen molar-refractivity contribution in [1.82, 2.24) is 9.88 Å². The molecule has 2 rings (SSSR count). The summed E-state index contributed by atoms with van der Waals surface area (Å²) in [5.41, 5.74) is 2.10. The van der Waals surface area contributed by atoms with Crippen LogP contribution in [0.5, 0.6) is 5.75 Å². The lowest BCUT2D eigenvalue weighted by molar-refractivity contribution is -0.159. The van der Waals surface area contributed by atoms with E-state index in [9.17, 15) is 4.79 Å². The van der Waals surface area contributed by atoms with Gasteiger partial charge in [0.15, 0.2) is 6.61 Å². The summed E-state index contributed by atoms with van der Waals surface area (Å²) < 4.78 is 5.51. The molecule has 0 atom stereocenters. The van der Waals surface area contributed by atoms with Crippen molar-refractivity contribution in [3.05, 3.63) is 59.9 Å². The van der Waals surface area contributed by atoms with Crippen LogP contribution >= 0.6 is 0 Å². The van der Waals surface area contributed by atoms with E-state index in [0.717, 1.165) is 23.4 Å². The maximum absolute atomic E-state index is 12.0. The molecular formula is C19H22N2O6. The zero-order chi connectivity index (χ0) is 20.2. The van der Waals surface area contributed by atoms with Crippen molar-refractivity contribution in [1.29, 1.82) is 0 Å². The van der Waals surface area contributed by atoms with Crippen LogP contribution in [0.2, 0.25) is 0 Å². The van der Waals surface area contributed by atoms with E-state index in [0.29, 0.717) is 6.54 Å². The molecular weight excluding hydrogens is 352 g/mol. The SMILES string of the molecule is Cc1cccc(OCC(=O)N(C)CCc2ccccn2)c1.O=C(O)C(=O)O. The molecule has 0 bridgehead atoms. The van der Waals surface area contributed by atoms with Crippen molar-refractivity contribution in [2.24, 2.45) is 0 Å². The van der Waals surface area contributed by atoms with Crippen molar-refractivity contribution in [3.63, 3.8) is 0 Å². The number of carboxylic acid groups (broad SMARTS) is 2. The zero-order valence-corrected chi connectivity index (χ0v) is 15.2. The van der Waals surface area contributed by atoms with Crippen LogP contribution in [-0.2, 0) is 20.8 Å². The Morgan fingerprint density at radius 1 is 1.07 bits per heavy atom. The van der Waals surface area contributed by atoms with Crippen LogP contribution in [0.25, 0.3) is 0 Å². The number of carbonyl (C=O) groups excluding carboxylic acids is 1. The number of rotatable bonds is 6. The van der Waals surface area contributed by atoms with E-state index in [1.54, 1.807) is 18.1 Å². The molecule has 0 unspecified atom stereocenters. The molecule has 1 aromatic heterocycles. The number of carboxylic acids is 2. The van der Waals surface area contributed by atoms with E-state index >= 15 is 0 Å². The van der Waals surface area contributed by atoms with Gasteiger partial charge in [-0.05, 0) is 36.8 Å². The first kappa shape index (κ1) is 21.6. The monoisotopic (exact) mass is 374 g/mol. The van der Waals surface area contributed by atoms with Crippen molar-refractivity contribution in [2.45, 2.75) is 13.3 Å². The second-order valence-corrected chi connectivity index (χ2v) is 5.60. The third-order valence-electron chi connectivity index (χ3n) is 3.39. The fraction of sp³-hybridized carbons (Fsp3) is 0.263. The summed E-state index contributed by atoms with van der Waals surface area (Å²) in [6.07, 6.45) is 2.51. The Morgan fingerprint density at radius 3 is 2.33 bits per heavy atom. The molecule has 144 valence electrons. The van der Waals surface area contributed by atoms with E-state index in [1.807, 2.05) is 49.4 Å². The molecule has 0 spiro atoms. The van der Waals surface area contributed by atoms with E-state index in [2.05, 4.69) is 4.98 Å². The first-order chi connectivity index (χ1) is 12.8. The van der Waals surface area contributed by atoms with Crippen LogP contribution in [0.4, 0.5) is 0 Å². The van der Waals surface area contributed by atoms with Gasteiger partial charge in [-0.1, -0.05) is 18.2 Å². The van der Waals surface area contributed by atoms with E-state index in [4.69, 9.17) is 24.5 Å². The summed E-state index contributed by atoms with van der Waals surface area (Å²) in [6, 6.07) is 13.5. The number of aryl methyl sites for hydroxylation is 1. The van der Waals surface area contributed by atoms with E-state index < -0.39 is 11.9 Å². The smallest absolute Gasteiger partial charge is 0.414 e. The number of likely N-dealkylation sites (N-methyl/N-ethyl adjacent to an activating group) is 1. The van der Waals surface area contributed by atoms with Crippen molar-refractivity contribution in [3.8, 4) is 5.75 Å². The van der Waals surface area contributed by atoms with Crippen LogP contribution in [0.3, 0.4) is 0 Å². The van der Waals surface area contributed by atoms with E-state index in [1.165, 1.54) is 0 Å². The quantitative estimate of drug-likeness (QED) is 0.738. The Morgan fingerprint density at radius 2 is 1.78 bits per heavy atom. The topological polar surface area (TPSA) is 117 Å². The van der Waals surface area contributed by atoms with Gasteiger partial charge in [0, 0.05) is 31.9 Å². The summed E-state index contributed by atoms with van der Waals surface area (Å²) >= 11 is 0. The molecule has 0 saturated heterocycles. The highest BCUT2D eigenvalue weighted by Crippen LogP contribution is 2.12. The van der Waals surface area contributed by atoms with Crippen molar-refractivity contribution in [2.75, 3.05) is 20.2 Å². The minimum atomic E-state index is -1.82. The number of benzene rings is 1. The normalized spacial score (nSPS) is 9.56. The molecule has 0 aliphatic heterocycles. The molecule has 1 amide bonds. The van der Waals surface area contributed by atoms with Crippen LogP contribution in [0.15, 0.2) is 48.7 Å². The van der Waals surface area contributed by atoms with Gasteiger partial charge in [0.2, 0.25) is 0 Å². The molecule has 1 aromatic carbocycles. The fourth-order valence-electron chi connectivity index (χ4n) is 1.91. The van der Waals surface area contributed by atoms with Gasteiger partial charge in [0.25, 0.3) is 5.91 Å². The highest BCUT2D eigenvalue weighted by atomic mass is 16.5. The highest BCUT2D eigenvalue weighted by Gasteiger charge is 2.10. The summed E-state index contributed by atoms with van der Waals surface area (Å²) in [6.45, 7) is 2.68. The van der Waals surface area contributed by atoms with Gasteiger partial charge in [0.1, 0.15) is 5.75 Å². The van der Waals surface area contributed by atoms with Gasteiger partial charge in [-0.3, -0.25) is 9.78 Å². The molecule has 0 radical (unpaired) electrons. The molecule has 2 aromatic rings. The average molecular weight is 374 g/mol. The summed E-state index contributed by atoms with van der Waals surface area (Å²) in [7, 11) is 1.78. The standard InChI is InChI=1S/C17H20N2O2.C2H2O4/c1-14-6-5-8-16(12-14)21-13-17(20)19(2)11-9-15-7-3-4-10-18-15;3-1(4)2(5)6/h3-8,10,12H,9,11,13H2,1-2H3;(H,3,4)(H,5,6). The predicted octanol–water partition coefficient (Wildman–Crippen LogP) is 1.63. The van der Waals surface area contributed by atoms with Gasteiger partial charge in [-0.25, -0.2) is 9.59 Å². The molecule has 2 N–H and O–H groups in total. The average Bonchev–Trinajstić information content (AvgIpc) is 2.65. The Kier molecular flexibility index (Phi) is 9.01. The summed E-state index contributed by atoms with van der Waals surface area (Å²) in [4.78, 5) is 36.1. The van der Waals surface area contributed by atoms with Crippen molar-refractivity contribution < 1.29 is 29.3 Å². The largest absolute Gasteiger partial charge is 0.484 e. The fourth-order valence-corrected chi connectivity index (χ4v) is 1.91. The number of hydrogen-bond acceptors (Lipinski definition) is 5. The lowest BCUT2D eigenvalue weighted by Gasteiger charge is -2.17. The Hall–Kier alpha value is -3.42. The maximum Gasteiger partial charge on any atom is 0.414 e. The lowest BCUT2D eigenvalue weighted by atomic mass is 10.2. The number of amides is 1. The summed E-state index contributed by atoms with van der Waals surface area (Å²) in [5, 5.41) is 14.8. The Bertz CT molecular complexity index is 752. The second kappa shape index (κ2) is 11.2. The number of carbonyl (C=O) groups is 3. The third kappa shape index (κ3) is 9.01. The molecule has 0 aliphatic carbocycles. The minimum absolute atomic E-state index is 0.0348. The molecule has 8 heteroatoms. The number of pyridine rings is 1. The minimum Gasteiger partial charge on any atom is -0.484 e. The van der Waals surface area contributed by atoms with Gasteiger partial charge >= 0.3 is 11.9 Å². The van der Waals surface area contributed by atoms with Gasteiger partial charge < -0.3 is 19.8 Å². The number of hydrogen-bond donors (Lipinski definition) is 2. The molecule has 0 aliphatic rings. The molecule has 27 heavy (non-hydrogen) atoms. The number of ether oxygens (including phenoxy) is 1. The predicted molar refractivity (Wildman–Crippen MR) is 97.5 cm³/mol. The van der Waals surface area contributed by atoms with Gasteiger partial charge in [-0.15, -0.1) is 0 Å². The van der Waals surface area contributed by atoms with E-state index in [-0.39, 0.29) is 12.5 Å². The van der Waals surface area contributed by atoms with Crippen LogP contribution in [-0.4, -0.2) is 58.1 Å². The first-order valence-electron chi connectivity index (χ1n) is 8.09. The number of aliphatic carboxylic acids is 2. The van der Waals surface area contributed by atoms with Crippen molar-refractivity contribution >= 4 is 17.8 Å². The van der Waals surface area contributed by atoms with Crippen LogP contribution < -0.4 is 4.74 Å².